The number of rotatable bonds is 5. The van der Waals surface area contributed by atoms with Crippen molar-refractivity contribution in [3.63, 3.8) is 0 Å². The molecular formula is C10H14N2O2. The lowest BCUT2D eigenvalue weighted by atomic mass is 10.3. The van der Waals surface area contributed by atoms with Gasteiger partial charge in [-0.2, -0.15) is 0 Å². The molecule has 1 aromatic rings. The van der Waals surface area contributed by atoms with Crippen molar-refractivity contribution in [1.82, 2.24) is 10.3 Å². The van der Waals surface area contributed by atoms with Crippen LogP contribution in [0.3, 0.4) is 0 Å². The number of unbranched alkanes of at least 4 members (excludes halogenated alkanes) is 1. The molecule has 4 heteroatoms. The van der Waals surface area contributed by atoms with Crippen LogP contribution in [0.15, 0.2) is 24.4 Å². The second kappa shape index (κ2) is 6.10. The van der Waals surface area contributed by atoms with Crippen LogP contribution in [0.25, 0.3) is 0 Å². The summed E-state index contributed by atoms with van der Waals surface area (Å²) in [6.07, 6.45) is 3.08. The number of hydrogen-bond donors (Lipinski definition) is 2. The third-order valence-corrected chi connectivity index (χ3v) is 1.77. The van der Waals surface area contributed by atoms with Crippen molar-refractivity contribution in [1.29, 1.82) is 0 Å². The Morgan fingerprint density at radius 2 is 2.29 bits per heavy atom. The van der Waals surface area contributed by atoms with Crippen LogP contribution in [-0.2, 0) is 0 Å². The van der Waals surface area contributed by atoms with Gasteiger partial charge >= 0.3 is 0 Å². The highest BCUT2D eigenvalue weighted by molar-refractivity contribution is 5.92. The summed E-state index contributed by atoms with van der Waals surface area (Å²) in [5.74, 6) is -0.163. The summed E-state index contributed by atoms with van der Waals surface area (Å²) in [6.45, 7) is 0.745. The number of hydrogen-bond acceptors (Lipinski definition) is 3. The number of aliphatic hydroxyl groups excluding tert-OH is 1. The average molecular weight is 194 g/mol. The first-order valence-electron chi connectivity index (χ1n) is 4.64. The second-order valence-electron chi connectivity index (χ2n) is 2.90. The molecule has 0 bridgehead atoms. The van der Waals surface area contributed by atoms with Gasteiger partial charge in [0.2, 0.25) is 0 Å². The lowest BCUT2D eigenvalue weighted by Crippen LogP contribution is -2.25. The van der Waals surface area contributed by atoms with Gasteiger partial charge in [-0.15, -0.1) is 0 Å². The number of carbonyl (C=O) groups excluding carboxylic acids is 1. The van der Waals surface area contributed by atoms with Crippen LogP contribution in [0, 0.1) is 0 Å². The van der Waals surface area contributed by atoms with E-state index < -0.39 is 0 Å². The van der Waals surface area contributed by atoms with Gasteiger partial charge < -0.3 is 10.4 Å². The van der Waals surface area contributed by atoms with E-state index in [-0.39, 0.29) is 12.5 Å². The highest BCUT2D eigenvalue weighted by atomic mass is 16.2. The molecule has 4 nitrogen and oxygen atoms in total. The number of nitrogens with zero attached hydrogens (tertiary/aromatic N) is 1. The summed E-state index contributed by atoms with van der Waals surface area (Å²) in [6, 6.07) is 5.21. The predicted molar refractivity (Wildman–Crippen MR) is 52.9 cm³/mol. The molecule has 0 spiro atoms. The Bertz CT molecular complexity index is 275. The minimum absolute atomic E-state index is 0.163. The van der Waals surface area contributed by atoms with E-state index in [0.717, 1.165) is 6.42 Å². The molecule has 2 N–H and O–H groups in total. The molecule has 0 fully saturated rings. The van der Waals surface area contributed by atoms with E-state index in [1.165, 1.54) is 0 Å². The standard InChI is InChI=1S/C10H14N2O2/c13-8-4-3-7-12-10(14)9-5-1-2-6-11-9/h1-2,5-6,13H,3-4,7-8H2,(H,12,14). The molecule has 0 aliphatic rings. The summed E-state index contributed by atoms with van der Waals surface area (Å²) in [7, 11) is 0. The van der Waals surface area contributed by atoms with Crippen LogP contribution in [0.1, 0.15) is 23.3 Å². The number of pyridine rings is 1. The van der Waals surface area contributed by atoms with Crippen LogP contribution >= 0.6 is 0 Å². The van der Waals surface area contributed by atoms with Crippen LogP contribution in [0.5, 0.6) is 0 Å². The van der Waals surface area contributed by atoms with Gasteiger partial charge in [-0.05, 0) is 25.0 Å². The zero-order valence-electron chi connectivity index (χ0n) is 7.94. The van der Waals surface area contributed by atoms with Crippen molar-refractivity contribution in [2.75, 3.05) is 13.2 Å². The monoisotopic (exact) mass is 194 g/mol. The number of amides is 1. The van der Waals surface area contributed by atoms with E-state index in [0.29, 0.717) is 18.7 Å². The van der Waals surface area contributed by atoms with Crippen molar-refractivity contribution in [3.8, 4) is 0 Å². The minimum Gasteiger partial charge on any atom is -0.396 e. The highest BCUT2D eigenvalue weighted by Crippen LogP contribution is 1.93. The smallest absolute Gasteiger partial charge is 0.269 e. The van der Waals surface area contributed by atoms with Gasteiger partial charge in [0.1, 0.15) is 5.69 Å². The first-order chi connectivity index (χ1) is 6.84. The number of nitrogens with one attached hydrogen (secondary N) is 1. The molecule has 0 saturated carbocycles. The molecule has 0 atom stereocenters. The molecule has 0 unspecified atom stereocenters. The van der Waals surface area contributed by atoms with Gasteiger partial charge in [0.15, 0.2) is 0 Å². The molecule has 1 rings (SSSR count). The third-order valence-electron chi connectivity index (χ3n) is 1.77. The van der Waals surface area contributed by atoms with E-state index in [9.17, 15) is 4.79 Å². The SMILES string of the molecule is O=C(NCCCCO)c1ccccn1. The minimum atomic E-state index is -0.163. The van der Waals surface area contributed by atoms with Crippen molar-refractivity contribution < 1.29 is 9.90 Å². The Morgan fingerprint density at radius 1 is 1.43 bits per heavy atom. The van der Waals surface area contributed by atoms with Gasteiger partial charge in [0, 0.05) is 19.3 Å². The van der Waals surface area contributed by atoms with E-state index in [2.05, 4.69) is 10.3 Å². The maximum Gasteiger partial charge on any atom is 0.269 e. The highest BCUT2D eigenvalue weighted by Gasteiger charge is 2.03. The fourth-order valence-corrected chi connectivity index (χ4v) is 1.03. The fourth-order valence-electron chi connectivity index (χ4n) is 1.03. The van der Waals surface area contributed by atoms with Crippen LogP contribution in [0.4, 0.5) is 0 Å². The third kappa shape index (κ3) is 3.53. The molecule has 1 aromatic heterocycles. The summed E-state index contributed by atoms with van der Waals surface area (Å²) >= 11 is 0. The maximum absolute atomic E-state index is 11.4. The van der Waals surface area contributed by atoms with Crippen LogP contribution in [0.2, 0.25) is 0 Å². The molecule has 0 aliphatic carbocycles. The van der Waals surface area contributed by atoms with Gasteiger partial charge in [0.05, 0.1) is 0 Å². The lowest BCUT2D eigenvalue weighted by Gasteiger charge is -2.02. The molecule has 0 aromatic carbocycles. The zero-order valence-corrected chi connectivity index (χ0v) is 7.94. The Balaban J connectivity index is 2.29. The van der Waals surface area contributed by atoms with E-state index in [1.807, 2.05) is 0 Å². The van der Waals surface area contributed by atoms with Crippen molar-refractivity contribution in [2.24, 2.45) is 0 Å². The number of aliphatic hydroxyl groups is 1. The molecule has 0 radical (unpaired) electrons. The Kier molecular flexibility index (Phi) is 4.64. The first-order valence-corrected chi connectivity index (χ1v) is 4.64. The quantitative estimate of drug-likeness (QED) is 0.674. The summed E-state index contributed by atoms with van der Waals surface area (Å²) in [5.41, 5.74) is 0.427. The summed E-state index contributed by atoms with van der Waals surface area (Å²) < 4.78 is 0. The van der Waals surface area contributed by atoms with E-state index in [1.54, 1.807) is 24.4 Å². The lowest BCUT2D eigenvalue weighted by molar-refractivity contribution is 0.0947. The van der Waals surface area contributed by atoms with Crippen LogP contribution in [-0.4, -0.2) is 29.1 Å². The molecule has 0 saturated heterocycles. The Hall–Kier alpha value is -1.42. The molecule has 14 heavy (non-hydrogen) atoms. The molecule has 1 heterocycles. The average Bonchev–Trinajstić information content (AvgIpc) is 2.25. The number of aromatic nitrogens is 1. The van der Waals surface area contributed by atoms with E-state index in [4.69, 9.17) is 5.11 Å². The van der Waals surface area contributed by atoms with Crippen molar-refractivity contribution >= 4 is 5.91 Å². The van der Waals surface area contributed by atoms with Crippen molar-refractivity contribution in [2.45, 2.75) is 12.8 Å². The maximum atomic E-state index is 11.4. The van der Waals surface area contributed by atoms with Crippen molar-refractivity contribution in [3.05, 3.63) is 30.1 Å². The molecular weight excluding hydrogens is 180 g/mol. The molecule has 1 amide bonds. The topological polar surface area (TPSA) is 62.2 Å². The summed E-state index contributed by atoms with van der Waals surface area (Å²) in [5, 5.41) is 11.2. The normalized spacial score (nSPS) is 9.79. The number of carbonyl (C=O) groups is 1. The largest absolute Gasteiger partial charge is 0.396 e. The molecule has 0 aliphatic heterocycles. The first kappa shape index (κ1) is 10.7. The van der Waals surface area contributed by atoms with Gasteiger partial charge in [-0.25, -0.2) is 0 Å². The van der Waals surface area contributed by atoms with Gasteiger partial charge in [-0.1, -0.05) is 6.07 Å². The predicted octanol–water partition coefficient (Wildman–Crippen LogP) is 0.584. The zero-order chi connectivity index (χ0) is 10.2. The fraction of sp³-hybridized carbons (Fsp3) is 0.400. The Labute approximate surface area is 83.0 Å². The second-order valence-corrected chi connectivity index (χ2v) is 2.90. The van der Waals surface area contributed by atoms with Crippen LogP contribution < -0.4 is 5.32 Å². The van der Waals surface area contributed by atoms with E-state index >= 15 is 0 Å². The van der Waals surface area contributed by atoms with Gasteiger partial charge in [-0.3, -0.25) is 9.78 Å². The Morgan fingerprint density at radius 3 is 2.93 bits per heavy atom. The van der Waals surface area contributed by atoms with Gasteiger partial charge in [0.25, 0.3) is 5.91 Å². The molecule has 76 valence electrons. The summed E-state index contributed by atoms with van der Waals surface area (Å²) in [4.78, 5) is 15.3.